The van der Waals surface area contributed by atoms with Gasteiger partial charge in [-0.1, -0.05) is 30.3 Å². The normalized spacial score (nSPS) is 11.8. The number of carbonyl (C=O) groups is 2. The fourth-order valence-electron chi connectivity index (χ4n) is 2.88. The Morgan fingerprint density at radius 1 is 1.10 bits per heavy atom. The van der Waals surface area contributed by atoms with Crippen molar-refractivity contribution in [2.75, 3.05) is 0 Å². The summed E-state index contributed by atoms with van der Waals surface area (Å²) in [4.78, 5) is 37.6. The van der Waals surface area contributed by atoms with Crippen molar-refractivity contribution in [2.24, 2.45) is 0 Å². The summed E-state index contributed by atoms with van der Waals surface area (Å²) in [7, 11) is 0. The smallest absolute Gasteiger partial charge is 0.273 e. The molecule has 8 heteroatoms. The molecule has 154 valence electrons. The zero-order chi connectivity index (χ0) is 21.6. The van der Waals surface area contributed by atoms with Gasteiger partial charge in [0.1, 0.15) is 11.9 Å². The number of halogens is 1. The highest BCUT2D eigenvalue weighted by atomic mass is 19.1. The standard InChI is InChI=1S/C21H24FN3O4/c1-14(2)23-21(27)15(3)24(13-16-8-10-18(22)11-9-16)20(26)12-17-6-4-5-7-19(17)25(28)29/h4-11,14-15H,12-13H2,1-3H3,(H,23,27). The second kappa shape index (κ2) is 9.77. The molecular formula is C21H24FN3O4. The Kier molecular flexibility index (Phi) is 7.41. The molecule has 0 saturated heterocycles. The fraction of sp³-hybridized carbons (Fsp3) is 0.333. The van der Waals surface area contributed by atoms with Crippen LogP contribution in [-0.2, 0) is 22.6 Å². The molecule has 0 heterocycles. The first-order valence-corrected chi connectivity index (χ1v) is 9.25. The van der Waals surface area contributed by atoms with Gasteiger partial charge in [-0.2, -0.15) is 0 Å². The first kappa shape index (κ1) is 22.0. The van der Waals surface area contributed by atoms with E-state index in [1.165, 1.54) is 47.4 Å². The number of nitrogens with one attached hydrogen (secondary N) is 1. The Bertz CT molecular complexity index is 884. The molecule has 1 unspecified atom stereocenters. The van der Waals surface area contributed by atoms with E-state index in [1.54, 1.807) is 13.0 Å². The SMILES string of the molecule is CC(C)NC(=O)C(C)N(Cc1ccc(F)cc1)C(=O)Cc1ccccc1[N+](=O)[O-]. The number of benzene rings is 2. The molecule has 1 N–H and O–H groups in total. The van der Waals surface area contributed by atoms with E-state index >= 15 is 0 Å². The molecule has 0 aliphatic rings. The quantitative estimate of drug-likeness (QED) is 0.543. The summed E-state index contributed by atoms with van der Waals surface area (Å²) in [5, 5.41) is 14.0. The Morgan fingerprint density at radius 2 is 1.72 bits per heavy atom. The van der Waals surface area contributed by atoms with Crippen LogP contribution < -0.4 is 5.32 Å². The molecule has 2 rings (SSSR count). The van der Waals surface area contributed by atoms with Crippen LogP contribution in [0.15, 0.2) is 48.5 Å². The summed E-state index contributed by atoms with van der Waals surface area (Å²) >= 11 is 0. The Balaban J connectivity index is 2.30. The highest BCUT2D eigenvalue weighted by Gasteiger charge is 2.28. The third kappa shape index (κ3) is 6.10. The summed E-state index contributed by atoms with van der Waals surface area (Å²) in [6.07, 6.45) is -0.225. The number of nitro groups is 1. The lowest BCUT2D eigenvalue weighted by Gasteiger charge is -2.29. The second-order valence-corrected chi connectivity index (χ2v) is 7.05. The van der Waals surface area contributed by atoms with Crippen LogP contribution >= 0.6 is 0 Å². The van der Waals surface area contributed by atoms with Crippen LogP contribution in [0, 0.1) is 15.9 Å². The van der Waals surface area contributed by atoms with Crippen LogP contribution in [0.2, 0.25) is 0 Å². The topological polar surface area (TPSA) is 92.6 Å². The minimum atomic E-state index is -0.808. The van der Waals surface area contributed by atoms with E-state index in [0.717, 1.165) is 0 Å². The average molecular weight is 401 g/mol. The zero-order valence-corrected chi connectivity index (χ0v) is 16.6. The summed E-state index contributed by atoms with van der Waals surface area (Å²) in [5.41, 5.74) is 0.761. The van der Waals surface area contributed by atoms with Crippen LogP contribution in [0.5, 0.6) is 0 Å². The van der Waals surface area contributed by atoms with E-state index in [2.05, 4.69) is 5.32 Å². The van der Waals surface area contributed by atoms with Crippen LogP contribution in [0.4, 0.5) is 10.1 Å². The summed E-state index contributed by atoms with van der Waals surface area (Å²) in [6, 6.07) is 10.7. The summed E-state index contributed by atoms with van der Waals surface area (Å²) < 4.78 is 13.2. The van der Waals surface area contributed by atoms with Gasteiger partial charge in [-0.15, -0.1) is 0 Å². The van der Waals surface area contributed by atoms with Gasteiger partial charge in [-0.05, 0) is 38.5 Å². The van der Waals surface area contributed by atoms with Crippen molar-refractivity contribution in [1.29, 1.82) is 0 Å². The molecule has 0 aliphatic heterocycles. The predicted octanol–water partition coefficient (Wildman–Crippen LogP) is 3.22. The first-order chi connectivity index (χ1) is 13.7. The Morgan fingerprint density at radius 3 is 2.31 bits per heavy atom. The maximum Gasteiger partial charge on any atom is 0.273 e. The largest absolute Gasteiger partial charge is 0.352 e. The molecule has 0 radical (unpaired) electrons. The van der Waals surface area contributed by atoms with Crippen molar-refractivity contribution in [1.82, 2.24) is 10.2 Å². The molecule has 1 atom stereocenters. The number of amides is 2. The molecule has 2 aromatic rings. The number of nitrogens with zero attached hydrogens (tertiary/aromatic N) is 2. The van der Waals surface area contributed by atoms with Crippen molar-refractivity contribution < 1.29 is 18.9 Å². The van der Waals surface area contributed by atoms with E-state index in [9.17, 15) is 24.1 Å². The Labute approximate surface area is 168 Å². The average Bonchev–Trinajstić information content (AvgIpc) is 2.66. The lowest BCUT2D eigenvalue weighted by atomic mass is 10.1. The summed E-state index contributed by atoms with van der Waals surface area (Å²) in [6.45, 7) is 5.29. The minimum absolute atomic E-state index is 0.0758. The van der Waals surface area contributed by atoms with E-state index in [-0.39, 0.29) is 36.2 Å². The van der Waals surface area contributed by atoms with Crippen molar-refractivity contribution >= 4 is 17.5 Å². The van der Waals surface area contributed by atoms with Crippen molar-refractivity contribution in [3.8, 4) is 0 Å². The van der Waals surface area contributed by atoms with Crippen LogP contribution in [-0.4, -0.2) is 33.7 Å². The number of hydrogen-bond donors (Lipinski definition) is 1. The van der Waals surface area contributed by atoms with Gasteiger partial charge in [0.2, 0.25) is 11.8 Å². The lowest BCUT2D eigenvalue weighted by Crippen LogP contribution is -2.49. The Hall–Kier alpha value is -3.29. The van der Waals surface area contributed by atoms with Gasteiger partial charge >= 0.3 is 0 Å². The van der Waals surface area contributed by atoms with Gasteiger partial charge in [0.15, 0.2) is 0 Å². The van der Waals surface area contributed by atoms with Crippen LogP contribution in [0.25, 0.3) is 0 Å². The van der Waals surface area contributed by atoms with Crippen molar-refractivity contribution in [3.63, 3.8) is 0 Å². The van der Waals surface area contributed by atoms with Gasteiger partial charge < -0.3 is 10.2 Å². The molecule has 2 amide bonds. The predicted molar refractivity (Wildman–Crippen MR) is 106 cm³/mol. The maximum absolute atomic E-state index is 13.2. The third-order valence-corrected chi connectivity index (χ3v) is 4.39. The summed E-state index contributed by atoms with van der Waals surface area (Å²) in [5.74, 6) is -1.18. The van der Waals surface area contributed by atoms with Gasteiger partial charge in [0, 0.05) is 24.2 Å². The molecule has 0 saturated carbocycles. The zero-order valence-electron chi connectivity index (χ0n) is 16.6. The monoisotopic (exact) mass is 401 g/mol. The molecule has 0 aromatic heterocycles. The fourth-order valence-corrected chi connectivity index (χ4v) is 2.88. The highest BCUT2D eigenvalue weighted by molar-refractivity contribution is 5.88. The van der Waals surface area contributed by atoms with Crippen LogP contribution in [0.1, 0.15) is 31.9 Å². The number of para-hydroxylation sites is 1. The van der Waals surface area contributed by atoms with Gasteiger partial charge in [0.05, 0.1) is 11.3 Å². The molecule has 7 nitrogen and oxygen atoms in total. The van der Waals surface area contributed by atoms with Crippen LogP contribution in [0.3, 0.4) is 0 Å². The molecule has 29 heavy (non-hydrogen) atoms. The molecule has 2 aromatic carbocycles. The number of carbonyl (C=O) groups excluding carboxylic acids is 2. The van der Waals surface area contributed by atoms with Gasteiger partial charge in [-0.3, -0.25) is 19.7 Å². The highest BCUT2D eigenvalue weighted by Crippen LogP contribution is 2.20. The van der Waals surface area contributed by atoms with Gasteiger partial charge in [-0.25, -0.2) is 4.39 Å². The van der Waals surface area contributed by atoms with Crippen molar-refractivity contribution in [3.05, 3.63) is 75.6 Å². The number of hydrogen-bond acceptors (Lipinski definition) is 4. The van der Waals surface area contributed by atoms with Gasteiger partial charge in [0.25, 0.3) is 5.69 Å². The van der Waals surface area contributed by atoms with E-state index < -0.39 is 22.7 Å². The number of rotatable bonds is 8. The molecule has 0 fully saturated rings. The maximum atomic E-state index is 13.2. The molecule has 0 aliphatic carbocycles. The number of nitro benzene ring substituents is 1. The molecular weight excluding hydrogens is 377 g/mol. The second-order valence-electron chi connectivity index (χ2n) is 7.05. The van der Waals surface area contributed by atoms with E-state index in [0.29, 0.717) is 5.56 Å². The lowest BCUT2D eigenvalue weighted by molar-refractivity contribution is -0.385. The minimum Gasteiger partial charge on any atom is -0.352 e. The van der Waals surface area contributed by atoms with E-state index in [4.69, 9.17) is 0 Å². The first-order valence-electron chi connectivity index (χ1n) is 9.25. The third-order valence-electron chi connectivity index (χ3n) is 4.39. The molecule has 0 spiro atoms. The van der Waals surface area contributed by atoms with E-state index in [1.807, 2.05) is 13.8 Å². The van der Waals surface area contributed by atoms with Crippen molar-refractivity contribution in [2.45, 2.75) is 45.8 Å². The molecule has 0 bridgehead atoms.